The topological polar surface area (TPSA) is 40.5 Å². The molecule has 0 amide bonds. The Kier molecular flexibility index (Phi) is 4.71. The van der Waals surface area contributed by atoms with Crippen molar-refractivity contribution in [1.82, 2.24) is 4.90 Å². The molecule has 100 valence electrons. The van der Waals surface area contributed by atoms with Crippen LogP contribution in [0.4, 0.5) is 4.39 Å². The number of carboxylic acids is 1. The number of likely N-dealkylation sites (N-methyl/N-ethyl adjacent to an activating group) is 1. The van der Waals surface area contributed by atoms with Gasteiger partial charge in [-0.25, -0.2) is 4.39 Å². The maximum atomic E-state index is 13.3. The van der Waals surface area contributed by atoms with E-state index in [0.717, 1.165) is 0 Å². The van der Waals surface area contributed by atoms with Crippen LogP contribution in [0.25, 0.3) is 0 Å². The van der Waals surface area contributed by atoms with Crippen molar-refractivity contribution in [2.45, 2.75) is 32.9 Å². The molecule has 0 saturated carbocycles. The fourth-order valence-corrected chi connectivity index (χ4v) is 1.90. The number of benzene rings is 1. The van der Waals surface area contributed by atoms with Crippen LogP contribution >= 0.6 is 11.6 Å². The number of nitrogens with zero attached hydrogens (tertiary/aromatic N) is 1. The standard InChI is InChI=1S/C13H17ClFNO2/c1-4-16(13(2,3)12(17)18)8-9-6-5-7-10(15)11(9)14/h5-7H,4,8H2,1-3H3,(H,17,18). The fraction of sp³-hybridized carbons (Fsp3) is 0.462. The van der Waals surface area contributed by atoms with Gasteiger partial charge in [-0.15, -0.1) is 0 Å². The number of hydrogen-bond donors (Lipinski definition) is 1. The third-order valence-corrected chi connectivity index (χ3v) is 3.51. The molecule has 0 atom stereocenters. The minimum absolute atomic E-state index is 0.0529. The normalized spacial score (nSPS) is 11.9. The zero-order valence-corrected chi connectivity index (χ0v) is 11.5. The summed E-state index contributed by atoms with van der Waals surface area (Å²) in [5, 5.41) is 9.25. The fourth-order valence-electron chi connectivity index (χ4n) is 1.72. The lowest BCUT2D eigenvalue weighted by Crippen LogP contribution is -2.49. The first kappa shape index (κ1) is 14.9. The van der Waals surface area contributed by atoms with Crippen molar-refractivity contribution in [3.8, 4) is 0 Å². The smallest absolute Gasteiger partial charge is 0.323 e. The third kappa shape index (κ3) is 3.00. The Morgan fingerprint density at radius 1 is 1.50 bits per heavy atom. The van der Waals surface area contributed by atoms with E-state index in [1.165, 1.54) is 6.07 Å². The van der Waals surface area contributed by atoms with Crippen LogP contribution in [-0.2, 0) is 11.3 Å². The summed E-state index contributed by atoms with van der Waals surface area (Å²) in [6.07, 6.45) is 0. The van der Waals surface area contributed by atoms with E-state index in [1.54, 1.807) is 30.9 Å². The lowest BCUT2D eigenvalue weighted by atomic mass is 10.0. The Morgan fingerprint density at radius 3 is 2.61 bits per heavy atom. The Morgan fingerprint density at radius 2 is 2.11 bits per heavy atom. The number of carbonyl (C=O) groups is 1. The van der Waals surface area contributed by atoms with Gasteiger partial charge in [-0.2, -0.15) is 0 Å². The van der Waals surface area contributed by atoms with Crippen molar-refractivity contribution in [3.05, 3.63) is 34.6 Å². The van der Waals surface area contributed by atoms with Gasteiger partial charge < -0.3 is 5.11 Å². The van der Waals surface area contributed by atoms with E-state index in [0.29, 0.717) is 18.7 Å². The predicted molar refractivity (Wildman–Crippen MR) is 69.2 cm³/mol. The molecule has 1 rings (SSSR count). The summed E-state index contributed by atoms with van der Waals surface area (Å²) < 4.78 is 13.3. The highest BCUT2D eigenvalue weighted by Gasteiger charge is 2.33. The highest BCUT2D eigenvalue weighted by Crippen LogP contribution is 2.24. The van der Waals surface area contributed by atoms with Gasteiger partial charge in [-0.1, -0.05) is 30.7 Å². The number of hydrogen-bond acceptors (Lipinski definition) is 2. The van der Waals surface area contributed by atoms with Gasteiger partial charge >= 0.3 is 5.97 Å². The van der Waals surface area contributed by atoms with Crippen molar-refractivity contribution in [2.24, 2.45) is 0 Å². The van der Waals surface area contributed by atoms with Crippen LogP contribution in [0.2, 0.25) is 5.02 Å². The molecule has 0 bridgehead atoms. The lowest BCUT2D eigenvalue weighted by molar-refractivity contribution is -0.149. The first-order valence-corrected chi connectivity index (χ1v) is 6.09. The molecule has 0 radical (unpaired) electrons. The van der Waals surface area contributed by atoms with Crippen LogP contribution in [0.1, 0.15) is 26.3 Å². The number of rotatable bonds is 5. The maximum absolute atomic E-state index is 13.3. The zero-order valence-electron chi connectivity index (χ0n) is 10.7. The van der Waals surface area contributed by atoms with Gasteiger partial charge in [-0.05, 0) is 32.0 Å². The van der Waals surface area contributed by atoms with Gasteiger partial charge in [0.05, 0.1) is 5.02 Å². The molecule has 0 aliphatic carbocycles. The summed E-state index contributed by atoms with van der Waals surface area (Å²) in [6.45, 7) is 5.93. The van der Waals surface area contributed by atoms with E-state index in [9.17, 15) is 14.3 Å². The molecule has 0 aliphatic heterocycles. The highest BCUT2D eigenvalue weighted by molar-refractivity contribution is 6.31. The summed E-state index contributed by atoms with van der Waals surface area (Å²) in [7, 11) is 0. The molecule has 0 aromatic heterocycles. The second-order valence-corrected chi connectivity index (χ2v) is 4.97. The number of halogens is 2. The molecule has 0 heterocycles. The van der Waals surface area contributed by atoms with Crippen LogP contribution in [-0.4, -0.2) is 28.1 Å². The molecular formula is C13H17ClFNO2. The molecule has 18 heavy (non-hydrogen) atoms. The number of aliphatic carboxylic acids is 1. The monoisotopic (exact) mass is 273 g/mol. The Hall–Kier alpha value is -1.13. The summed E-state index contributed by atoms with van der Waals surface area (Å²) in [5.74, 6) is -1.41. The van der Waals surface area contributed by atoms with Crippen LogP contribution in [0.5, 0.6) is 0 Å². The summed E-state index contributed by atoms with van der Waals surface area (Å²) in [4.78, 5) is 12.9. The largest absolute Gasteiger partial charge is 0.480 e. The molecule has 1 aromatic carbocycles. The molecule has 5 heteroatoms. The zero-order chi connectivity index (χ0) is 13.9. The maximum Gasteiger partial charge on any atom is 0.323 e. The van der Waals surface area contributed by atoms with E-state index in [4.69, 9.17) is 11.6 Å². The average molecular weight is 274 g/mol. The van der Waals surface area contributed by atoms with Gasteiger partial charge in [0.2, 0.25) is 0 Å². The summed E-state index contributed by atoms with van der Waals surface area (Å²) >= 11 is 5.87. The van der Waals surface area contributed by atoms with Crippen molar-refractivity contribution >= 4 is 17.6 Å². The van der Waals surface area contributed by atoms with Gasteiger partial charge in [0.15, 0.2) is 0 Å². The molecule has 0 unspecified atom stereocenters. The van der Waals surface area contributed by atoms with Gasteiger partial charge in [-0.3, -0.25) is 9.69 Å². The summed E-state index contributed by atoms with van der Waals surface area (Å²) in [6, 6.07) is 4.55. The quantitative estimate of drug-likeness (QED) is 0.896. The van der Waals surface area contributed by atoms with Crippen molar-refractivity contribution in [2.75, 3.05) is 6.54 Å². The van der Waals surface area contributed by atoms with Crippen LogP contribution < -0.4 is 0 Å². The van der Waals surface area contributed by atoms with E-state index in [1.807, 2.05) is 6.92 Å². The molecule has 0 fully saturated rings. The first-order chi connectivity index (χ1) is 8.30. The minimum atomic E-state index is -1.02. The second-order valence-electron chi connectivity index (χ2n) is 4.59. The molecule has 3 nitrogen and oxygen atoms in total. The Bertz CT molecular complexity index is 449. The van der Waals surface area contributed by atoms with E-state index in [2.05, 4.69) is 0 Å². The first-order valence-electron chi connectivity index (χ1n) is 5.72. The molecule has 0 spiro atoms. The SMILES string of the molecule is CCN(Cc1cccc(F)c1Cl)C(C)(C)C(=O)O. The Balaban J connectivity index is 3.00. The number of carboxylic acid groups (broad SMARTS) is 1. The van der Waals surface area contributed by atoms with Gasteiger partial charge in [0.25, 0.3) is 0 Å². The molecule has 1 N–H and O–H groups in total. The van der Waals surface area contributed by atoms with Crippen LogP contribution in [0.15, 0.2) is 18.2 Å². The molecular weight excluding hydrogens is 257 g/mol. The van der Waals surface area contributed by atoms with E-state index >= 15 is 0 Å². The van der Waals surface area contributed by atoms with E-state index < -0.39 is 17.3 Å². The predicted octanol–water partition coefficient (Wildman–Crippen LogP) is 3.16. The molecule has 0 aliphatic rings. The van der Waals surface area contributed by atoms with Crippen LogP contribution in [0.3, 0.4) is 0 Å². The Labute approximate surface area is 111 Å². The highest BCUT2D eigenvalue weighted by atomic mass is 35.5. The van der Waals surface area contributed by atoms with Gasteiger partial charge in [0.1, 0.15) is 11.4 Å². The average Bonchev–Trinajstić information content (AvgIpc) is 2.30. The van der Waals surface area contributed by atoms with Crippen molar-refractivity contribution in [3.63, 3.8) is 0 Å². The minimum Gasteiger partial charge on any atom is -0.480 e. The summed E-state index contributed by atoms with van der Waals surface area (Å²) in [5.41, 5.74) is -0.433. The lowest BCUT2D eigenvalue weighted by Gasteiger charge is -2.34. The van der Waals surface area contributed by atoms with Crippen molar-refractivity contribution in [1.29, 1.82) is 0 Å². The van der Waals surface area contributed by atoms with E-state index in [-0.39, 0.29) is 5.02 Å². The van der Waals surface area contributed by atoms with Gasteiger partial charge in [0, 0.05) is 6.54 Å². The van der Waals surface area contributed by atoms with Crippen molar-refractivity contribution < 1.29 is 14.3 Å². The molecule has 0 saturated heterocycles. The van der Waals surface area contributed by atoms with Crippen LogP contribution in [0, 0.1) is 5.82 Å². The molecule has 1 aromatic rings. The third-order valence-electron chi connectivity index (χ3n) is 3.09. The second kappa shape index (κ2) is 5.67.